The summed E-state index contributed by atoms with van der Waals surface area (Å²) in [6.45, 7) is 1.19. The Labute approximate surface area is 210 Å². The minimum absolute atomic E-state index is 0.0567. The standard InChI is InChI=1S/C27H26N2O6S/c30-25(15-14-21-8-3-1-4-9-21)35-26(22-10-5-2-6-11-22)27(31)28-23-12-7-13-24(20-23)36(32,33)29-16-18-34-19-17-29/h1-15,20,26H,16-19H2,(H,28,31)/b15-14+/t26-/m1/s1. The van der Waals surface area contributed by atoms with Crippen molar-refractivity contribution in [2.45, 2.75) is 11.0 Å². The number of sulfonamides is 1. The third-order valence-electron chi connectivity index (χ3n) is 5.50. The van der Waals surface area contributed by atoms with E-state index in [0.29, 0.717) is 18.8 Å². The molecule has 0 saturated carbocycles. The lowest BCUT2D eigenvalue weighted by Crippen LogP contribution is -2.40. The van der Waals surface area contributed by atoms with Crippen LogP contribution in [0.1, 0.15) is 17.2 Å². The Morgan fingerprint density at radius 1 is 0.917 bits per heavy atom. The minimum atomic E-state index is -3.74. The number of rotatable bonds is 8. The summed E-state index contributed by atoms with van der Waals surface area (Å²) >= 11 is 0. The minimum Gasteiger partial charge on any atom is -0.444 e. The van der Waals surface area contributed by atoms with Gasteiger partial charge in [0, 0.05) is 30.4 Å². The zero-order chi connectivity index (χ0) is 25.4. The third kappa shape index (κ3) is 6.45. The number of morpholine rings is 1. The van der Waals surface area contributed by atoms with Crippen LogP contribution in [0, 0.1) is 0 Å². The zero-order valence-electron chi connectivity index (χ0n) is 19.4. The van der Waals surface area contributed by atoms with Crippen molar-refractivity contribution in [3.8, 4) is 0 Å². The average molecular weight is 507 g/mol. The number of nitrogens with one attached hydrogen (secondary N) is 1. The van der Waals surface area contributed by atoms with Crippen molar-refractivity contribution in [2.75, 3.05) is 31.6 Å². The average Bonchev–Trinajstić information content (AvgIpc) is 2.92. The first-order valence-corrected chi connectivity index (χ1v) is 12.8. The maximum absolute atomic E-state index is 13.2. The molecule has 1 saturated heterocycles. The molecule has 0 bridgehead atoms. The van der Waals surface area contributed by atoms with Gasteiger partial charge in [-0.1, -0.05) is 66.7 Å². The van der Waals surface area contributed by atoms with E-state index in [9.17, 15) is 18.0 Å². The summed E-state index contributed by atoms with van der Waals surface area (Å²) in [4.78, 5) is 25.8. The van der Waals surface area contributed by atoms with Crippen LogP contribution in [0.2, 0.25) is 0 Å². The first-order chi connectivity index (χ1) is 17.4. The van der Waals surface area contributed by atoms with Crippen molar-refractivity contribution >= 4 is 33.7 Å². The normalized spacial score (nSPS) is 15.3. The first kappa shape index (κ1) is 25.3. The van der Waals surface area contributed by atoms with Gasteiger partial charge in [-0.15, -0.1) is 0 Å². The molecule has 1 aliphatic heterocycles. The van der Waals surface area contributed by atoms with Crippen LogP contribution in [-0.4, -0.2) is 50.9 Å². The summed E-state index contributed by atoms with van der Waals surface area (Å²) in [5.74, 6) is -1.30. The highest BCUT2D eigenvalue weighted by Crippen LogP contribution is 2.24. The zero-order valence-corrected chi connectivity index (χ0v) is 20.3. The van der Waals surface area contributed by atoms with Gasteiger partial charge in [-0.3, -0.25) is 4.79 Å². The fourth-order valence-electron chi connectivity index (χ4n) is 3.66. The van der Waals surface area contributed by atoms with E-state index >= 15 is 0 Å². The van der Waals surface area contributed by atoms with Crippen LogP contribution >= 0.6 is 0 Å². The van der Waals surface area contributed by atoms with E-state index in [4.69, 9.17) is 9.47 Å². The summed E-state index contributed by atoms with van der Waals surface area (Å²) in [5, 5.41) is 2.69. The van der Waals surface area contributed by atoms with E-state index in [1.54, 1.807) is 48.5 Å². The van der Waals surface area contributed by atoms with Crippen molar-refractivity contribution in [3.05, 3.63) is 102 Å². The van der Waals surface area contributed by atoms with Crippen molar-refractivity contribution < 1.29 is 27.5 Å². The van der Waals surface area contributed by atoms with E-state index in [1.807, 2.05) is 30.3 Å². The molecule has 0 spiro atoms. The third-order valence-corrected chi connectivity index (χ3v) is 7.39. The van der Waals surface area contributed by atoms with Gasteiger partial charge < -0.3 is 14.8 Å². The fourth-order valence-corrected chi connectivity index (χ4v) is 5.12. The second kappa shape index (κ2) is 11.8. The SMILES string of the molecule is O=C(/C=C/c1ccccc1)O[C@@H](C(=O)Nc1cccc(S(=O)(=O)N2CCOCC2)c1)c1ccccc1. The molecule has 1 aliphatic rings. The van der Waals surface area contributed by atoms with Gasteiger partial charge in [0.1, 0.15) is 0 Å². The molecule has 3 aromatic rings. The van der Waals surface area contributed by atoms with Crippen LogP contribution in [0.4, 0.5) is 5.69 Å². The van der Waals surface area contributed by atoms with Crippen LogP contribution in [0.25, 0.3) is 6.08 Å². The Kier molecular flexibility index (Phi) is 8.27. The summed E-state index contributed by atoms with van der Waals surface area (Å²) in [6, 6.07) is 23.8. The molecule has 1 atom stereocenters. The van der Waals surface area contributed by atoms with E-state index in [2.05, 4.69) is 5.32 Å². The molecule has 1 fully saturated rings. The van der Waals surface area contributed by atoms with E-state index in [1.165, 1.54) is 22.5 Å². The topological polar surface area (TPSA) is 102 Å². The second-order valence-electron chi connectivity index (χ2n) is 8.01. The highest BCUT2D eigenvalue weighted by atomic mass is 32.2. The molecule has 186 valence electrons. The maximum Gasteiger partial charge on any atom is 0.331 e. The number of esters is 1. The fraction of sp³-hybridized carbons (Fsp3) is 0.185. The van der Waals surface area contributed by atoms with Crippen molar-refractivity contribution in [3.63, 3.8) is 0 Å². The molecule has 3 aromatic carbocycles. The number of ether oxygens (including phenoxy) is 2. The number of hydrogen-bond acceptors (Lipinski definition) is 6. The first-order valence-electron chi connectivity index (χ1n) is 11.4. The molecule has 1 N–H and O–H groups in total. The van der Waals surface area contributed by atoms with Crippen LogP contribution < -0.4 is 5.32 Å². The predicted molar refractivity (Wildman–Crippen MR) is 135 cm³/mol. The smallest absolute Gasteiger partial charge is 0.331 e. The van der Waals surface area contributed by atoms with Crippen molar-refractivity contribution in [1.29, 1.82) is 0 Å². The molecule has 0 unspecified atom stereocenters. The van der Waals surface area contributed by atoms with Gasteiger partial charge in [-0.2, -0.15) is 4.31 Å². The summed E-state index contributed by atoms with van der Waals surface area (Å²) in [5.41, 5.74) is 1.56. The molecule has 4 rings (SSSR count). The molecule has 1 amide bonds. The van der Waals surface area contributed by atoms with Gasteiger partial charge in [0.2, 0.25) is 16.1 Å². The number of nitrogens with zero attached hydrogens (tertiary/aromatic N) is 1. The van der Waals surface area contributed by atoms with Crippen LogP contribution in [0.15, 0.2) is 95.9 Å². The van der Waals surface area contributed by atoms with Crippen molar-refractivity contribution in [1.82, 2.24) is 4.31 Å². The van der Waals surface area contributed by atoms with Crippen LogP contribution in [0.3, 0.4) is 0 Å². The maximum atomic E-state index is 13.2. The highest BCUT2D eigenvalue weighted by molar-refractivity contribution is 7.89. The summed E-state index contributed by atoms with van der Waals surface area (Å²) in [7, 11) is -3.74. The lowest BCUT2D eigenvalue weighted by atomic mass is 10.1. The molecular formula is C27H26N2O6S. The van der Waals surface area contributed by atoms with Crippen molar-refractivity contribution in [2.24, 2.45) is 0 Å². The van der Waals surface area contributed by atoms with E-state index in [0.717, 1.165) is 5.56 Å². The number of amides is 1. The van der Waals surface area contributed by atoms with Gasteiger partial charge >= 0.3 is 5.97 Å². The van der Waals surface area contributed by atoms with Gasteiger partial charge in [0.05, 0.1) is 18.1 Å². The monoisotopic (exact) mass is 506 g/mol. The Hall–Kier alpha value is -3.79. The lowest BCUT2D eigenvalue weighted by Gasteiger charge is -2.26. The van der Waals surface area contributed by atoms with Gasteiger partial charge in [0.15, 0.2) is 0 Å². The Balaban J connectivity index is 1.51. The van der Waals surface area contributed by atoms with Crippen LogP contribution in [0.5, 0.6) is 0 Å². The number of hydrogen-bond donors (Lipinski definition) is 1. The number of carbonyl (C=O) groups excluding carboxylic acids is 2. The second-order valence-corrected chi connectivity index (χ2v) is 9.94. The van der Waals surface area contributed by atoms with Gasteiger partial charge in [-0.05, 0) is 29.8 Å². The lowest BCUT2D eigenvalue weighted by molar-refractivity contribution is -0.149. The van der Waals surface area contributed by atoms with E-state index in [-0.39, 0.29) is 23.7 Å². The van der Waals surface area contributed by atoms with Crippen LogP contribution in [-0.2, 0) is 29.1 Å². The Morgan fingerprint density at radius 2 is 1.58 bits per heavy atom. The molecule has 0 aliphatic carbocycles. The number of anilines is 1. The number of carbonyl (C=O) groups is 2. The largest absolute Gasteiger partial charge is 0.444 e. The number of benzene rings is 3. The van der Waals surface area contributed by atoms with Gasteiger partial charge in [0.25, 0.3) is 5.91 Å². The molecule has 0 aromatic heterocycles. The highest BCUT2D eigenvalue weighted by Gasteiger charge is 2.28. The quantitative estimate of drug-likeness (QED) is 0.370. The molecular weight excluding hydrogens is 480 g/mol. The molecule has 1 heterocycles. The Morgan fingerprint density at radius 3 is 2.28 bits per heavy atom. The molecule has 9 heteroatoms. The molecule has 36 heavy (non-hydrogen) atoms. The van der Waals surface area contributed by atoms with E-state index < -0.39 is 28.0 Å². The summed E-state index contributed by atoms with van der Waals surface area (Å²) < 4.78 is 38.1. The molecule has 0 radical (unpaired) electrons. The van der Waals surface area contributed by atoms with Gasteiger partial charge in [-0.25, -0.2) is 13.2 Å². The summed E-state index contributed by atoms with van der Waals surface area (Å²) in [6.07, 6.45) is 1.62. The molecule has 8 nitrogen and oxygen atoms in total. The Bertz CT molecular complexity index is 1320. The predicted octanol–water partition coefficient (Wildman–Crippen LogP) is 3.64.